The maximum atomic E-state index is 13.1. The van der Waals surface area contributed by atoms with Crippen LogP contribution in [0, 0.1) is 0 Å². The molecule has 30 heavy (non-hydrogen) atoms. The normalized spacial score (nSPS) is 13.0. The molecule has 4 rings (SSSR count). The third kappa shape index (κ3) is 4.13. The van der Waals surface area contributed by atoms with E-state index in [0.717, 1.165) is 17.9 Å². The summed E-state index contributed by atoms with van der Waals surface area (Å²) in [5.41, 5.74) is 3.42. The molecule has 1 N–H and O–H groups in total. The van der Waals surface area contributed by atoms with Crippen LogP contribution in [0.5, 0.6) is 0 Å². The van der Waals surface area contributed by atoms with Gasteiger partial charge in [-0.15, -0.1) is 0 Å². The zero-order valence-corrected chi connectivity index (χ0v) is 17.7. The van der Waals surface area contributed by atoms with Gasteiger partial charge in [0.05, 0.1) is 11.4 Å². The summed E-state index contributed by atoms with van der Waals surface area (Å²) in [5.74, 6) is -0.401. The second-order valence-electron chi connectivity index (χ2n) is 7.06. The van der Waals surface area contributed by atoms with E-state index in [0.29, 0.717) is 33.4 Å². The Morgan fingerprint density at radius 2 is 1.47 bits per heavy atom. The van der Waals surface area contributed by atoms with E-state index in [9.17, 15) is 9.59 Å². The van der Waals surface area contributed by atoms with Crippen molar-refractivity contribution in [2.75, 3.05) is 35.3 Å². The number of hydrogen-bond donors (Lipinski definition) is 1. The molecule has 1 heterocycles. The fourth-order valence-electron chi connectivity index (χ4n) is 3.46. The first-order chi connectivity index (χ1) is 14.4. The van der Waals surface area contributed by atoms with E-state index in [-0.39, 0.29) is 11.8 Å². The van der Waals surface area contributed by atoms with Gasteiger partial charge in [0.15, 0.2) is 0 Å². The van der Waals surface area contributed by atoms with Crippen molar-refractivity contribution in [3.05, 3.63) is 87.9 Å². The maximum absolute atomic E-state index is 13.1. The molecule has 1 aliphatic rings. The molecule has 0 radical (unpaired) electrons. The number of nitrogens with one attached hydrogen (secondary N) is 1. The number of likely N-dealkylation sites (N-methyl/N-ethyl adjacent to an activating group) is 1. The van der Waals surface area contributed by atoms with Gasteiger partial charge in [0.1, 0.15) is 0 Å². The van der Waals surface area contributed by atoms with Crippen LogP contribution in [0.2, 0.25) is 10.0 Å². The molecule has 0 spiro atoms. The van der Waals surface area contributed by atoms with Crippen molar-refractivity contribution in [2.45, 2.75) is 0 Å². The largest absolute Gasteiger partial charge is 0.371 e. The molecule has 0 saturated heterocycles. The second kappa shape index (κ2) is 8.38. The molecular formula is C23H19Cl2N3O2. The van der Waals surface area contributed by atoms with Gasteiger partial charge in [-0.3, -0.25) is 9.59 Å². The zero-order chi connectivity index (χ0) is 21.3. The van der Waals surface area contributed by atoms with Crippen molar-refractivity contribution in [1.29, 1.82) is 0 Å². The van der Waals surface area contributed by atoms with Gasteiger partial charge in [-0.25, -0.2) is 0 Å². The third-order valence-electron chi connectivity index (χ3n) is 5.00. The summed E-state index contributed by atoms with van der Waals surface area (Å²) >= 11 is 11.9. The summed E-state index contributed by atoms with van der Waals surface area (Å²) in [5, 5.41) is 3.57. The summed E-state index contributed by atoms with van der Waals surface area (Å²) in [6.45, 7) is 1.37. The number of nitrogens with zero attached hydrogens (tertiary/aromatic N) is 2. The second-order valence-corrected chi connectivity index (χ2v) is 7.93. The van der Waals surface area contributed by atoms with Gasteiger partial charge in [0, 0.05) is 47.0 Å². The molecule has 152 valence electrons. The molecule has 3 aromatic rings. The Bertz CT molecular complexity index is 1100. The molecule has 3 aromatic carbocycles. The van der Waals surface area contributed by atoms with Gasteiger partial charge in [-0.1, -0.05) is 35.3 Å². The quantitative estimate of drug-likeness (QED) is 0.598. The summed E-state index contributed by atoms with van der Waals surface area (Å²) in [6.07, 6.45) is 0. The Balaban J connectivity index is 1.50. The van der Waals surface area contributed by atoms with Gasteiger partial charge >= 0.3 is 0 Å². The SMILES string of the molecule is CN1CCN(C(=O)c2ccc(NC(=O)c3cc(Cl)cc(Cl)c3)cc2)c2ccccc21. The molecule has 0 fully saturated rings. The predicted octanol–water partition coefficient (Wildman–Crippen LogP) is 5.34. The van der Waals surface area contributed by atoms with Gasteiger partial charge < -0.3 is 15.1 Å². The number of anilines is 3. The van der Waals surface area contributed by atoms with Crippen LogP contribution in [0.4, 0.5) is 17.1 Å². The molecule has 0 saturated carbocycles. The number of amides is 2. The Kier molecular flexibility index (Phi) is 5.66. The Hall–Kier alpha value is -3.02. The number of para-hydroxylation sites is 2. The molecule has 1 aliphatic heterocycles. The monoisotopic (exact) mass is 439 g/mol. The van der Waals surface area contributed by atoms with Crippen LogP contribution >= 0.6 is 23.2 Å². The molecule has 0 aliphatic carbocycles. The fraction of sp³-hybridized carbons (Fsp3) is 0.130. The maximum Gasteiger partial charge on any atom is 0.258 e. The van der Waals surface area contributed by atoms with Gasteiger partial charge in [-0.2, -0.15) is 0 Å². The molecule has 0 unspecified atom stereocenters. The zero-order valence-electron chi connectivity index (χ0n) is 16.2. The van der Waals surface area contributed by atoms with Crippen molar-refractivity contribution in [3.8, 4) is 0 Å². The topological polar surface area (TPSA) is 52.6 Å². The molecule has 5 nitrogen and oxygen atoms in total. The highest BCUT2D eigenvalue weighted by atomic mass is 35.5. The summed E-state index contributed by atoms with van der Waals surface area (Å²) in [7, 11) is 2.02. The van der Waals surface area contributed by atoms with Gasteiger partial charge in [-0.05, 0) is 54.6 Å². The first kappa shape index (κ1) is 20.3. The molecule has 2 amide bonds. The summed E-state index contributed by atoms with van der Waals surface area (Å²) in [6, 6.07) is 19.4. The van der Waals surface area contributed by atoms with E-state index in [1.54, 1.807) is 47.4 Å². The van der Waals surface area contributed by atoms with Crippen LogP contribution in [0.3, 0.4) is 0 Å². The van der Waals surface area contributed by atoms with Crippen molar-refractivity contribution in [3.63, 3.8) is 0 Å². The highest BCUT2D eigenvalue weighted by Crippen LogP contribution is 2.32. The fourth-order valence-corrected chi connectivity index (χ4v) is 3.98. The smallest absolute Gasteiger partial charge is 0.258 e. The minimum atomic E-state index is -0.327. The highest BCUT2D eigenvalue weighted by molar-refractivity contribution is 6.35. The van der Waals surface area contributed by atoms with E-state index >= 15 is 0 Å². The minimum absolute atomic E-state index is 0.0740. The van der Waals surface area contributed by atoms with Crippen LogP contribution in [-0.4, -0.2) is 32.0 Å². The number of halogens is 2. The van der Waals surface area contributed by atoms with E-state index in [1.165, 1.54) is 0 Å². The molecule has 0 aromatic heterocycles. The lowest BCUT2D eigenvalue weighted by Crippen LogP contribution is -2.42. The lowest BCUT2D eigenvalue weighted by atomic mass is 10.1. The summed E-state index contributed by atoms with van der Waals surface area (Å²) in [4.78, 5) is 29.5. The number of carbonyl (C=O) groups is 2. The minimum Gasteiger partial charge on any atom is -0.371 e. The average molecular weight is 440 g/mol. The van der Waals surface area contributed by atoms with E-state index in [1.807, 2.05) is 31.3 Å². The first-order valence-corrected chi connectivity index (χ1v) is 10.2. The van der Waals surface area contributed by atoms with E-state index in [4.69, 9.17) is 23.2 Å². The third-order valence-corrected chi connectivity index (χ3v) is 5.44. The van der Waals surface area contributed by atoms with E-state index in [2.05, 4.69) is 10.2 Å². The van der Waals surface area contributed by atoms with Crippen LogP contribution in [-0.2, 0) is 0 Å². The first-order valence-electron chi connectivity index (χ1n) is 9.42. The molecule has 0 bridgehead atoms. The highest BCUT2D eigenvalue weighted by Gasteiger charge is 2.25. The molecule has 7 heteroatoms. The molecular weight excluding hydrogens is 421 g/mol. The number of fused-ring (bicyclic) bond motifs is 1. The average Bonchev–Trinajstić information content (AvgIpc) is 2.73. The Labute approximate surface area is 184 Å². The van der Waals surface area contributed by atoms with Crippen LogP contribution in [0.1, 0.15) is 20.7 Å². The lowest BCUT2D eigenvalue weighted by molar-refractivity contribution is 0.0985. The number of carbonyl (C=O) groups excluding carboxylic acids is 2. The van der Waals surface area contributed by atoms with Crippen LogP contribution < -0.4 is 15.1 Å². The number of rotatable bonds is 3. The van der Waals surface area contributed by atoms with Crippen LogP contribution in [0.25, 0.3) is 0 Å². The standard InChI is InChI=1S/C23H19Cl2N3O2/c1-27-10-11-28(21-5-3-2-4-20(21)27)23(30)15-6-8-19(9-7-15)26-22(29)16-12-17(24)14-18(25)13-16/h2-9,12-14H,10-11H2,1H3,(H,26,29). The van der Waals surface area contributed by atoms with Gasteiger partial charge in [0.2, 0.25) is 0 Å². The number of hydrogen-bond acceptors (Lipinski definition) is 3. The summed E-state index contributed by atoms with van der Waals surface area (Å²) < 4.78 is 0. The van der Waals surface area contributed by atoms with Crippen LogP contribution in [0.15, 0.2) is 66.7 Å². The van der Waals surface area contributed by atoms with Crippen molar-refractivity contribution in [1.82, 2.24) is 0 Å². The Morgan fingerprint density at radius 3 is 2.13 bits per heavy atom. The lowest BCUT2D eigenvalue weighted by Gasteiger charge is -2.35. The predicted molar refractivity (Wildman–Crippen MR) is 122 cm³/mol. The number of benzene rings is 3. The van der Waals surface area contributed by atoms with Crippen molar-refractivity contribution < 1.29 is 9.59 Å². The van der Waals surface area contributed by atoms with Crippen molar-refractivity contribution in [2.24, 2.45) is 0 Å². The Morgan fingerprint density at radius 1 is 0.833 bits per heavy atom. The van der Waals surface area contributed by atoms with E-state index < -0.39 is 0 Å². The van der Waals surface area contributed by atoms with Gasteiger partial charge in [0.25, 0.3) is 11.8 Å². The van der Waals surface area contributed by atoms with Crippen molar-refractivity contribution >= 4 is 52.1 Å². The molecule has 0 atom stereocenters.